The second-order valence-electron chi connectivity index (χ2n) is 5.69. The Morgan fingerprint density at radius 2 is 2.33 bits per heavy atom. The van der Waals surface area contributed by atoms with E-state index in [1.165, 1.54) is 11.3 Å². The first kappa shape index (κ1) is 15.9. The van der Waals surface area contributed by atoms with Crippen LogP contribution in [0.3, 0.4) is 0 Å². The van der Waals surface area contributed by atoms with Gasteiger partial charge in [0.1, 0.15) is 0 Å². The fraction of sp³-hybridized carbons (Fsp3) is 0.643. The number of piperidine rings is 1. The molecule has 2 heterocycles. The first-order chi connectivity index (χ1) is 9.95. The van der Waals surface area contributed by atoms with Crippen molar-refractivity contribution in [2.45, 2.75) is 32.6 Å². The molecule has 2 N–H and O–H groups in total. The summed E-state index contributed by atoms with van der Waals surface area (Å²) in [5.41, 5.74) is 0.971. The van der Waals surface area contributed by atoms with Crippen LogP contribution in [0.4, 0.5) is 5.13 Å². The summed E-state index contributed by atoms with van der Waals surface area (Å²) < 4.78 is 0. The van der Waals surface area contributed by atoms with Gasteiger partial charge in [-0.25, -0.2) is 4.98 Å². The van der Waals surface area contributed by atoms with Crippen molar-refractivity contribution in [3.8, 4) is 0 Å². The van der Waals surface area contributed by atoms with E-state index in [4.69, 9.17) is 5.11 Å². The maximum atomic E-state index is 12.0. The lowest BCUT2D eigenvalue weighted by Crippen LogP contribution is -2.42. The van der Waals surface area contributed by atoms with Gasteiger partial charge >= 0.3 is 5.97 Å². The first-order valence-corrected chi connectivity index (χ1v) is 8.04. The fourth-order valence-corrected chi connectivity index (χ4v) is 3.26. The Bertz CT molecular complexity index is 515. The maximum absolute atomic E-state index is 12.0. The van der Waals surface area contributed by atoms with E-state index in [-0.39, 0.29) is 18.4 Å². The van der Waals surface area contributed by atoms with Gasteiger partial charge in [0.15, 0.2) is 5.13 Å². The molecule has 0 saturated carbocycles. The van der Waals surface area contributed by atoms with Crippen molar-refractivity contribution >= 4 is 28.3 Å². The van der Waals surface area contributed by atoms with Crippen molar-refractivity contribution in [3.05, 3.63) is 11.1 Å². The van der Waals surface area contributed by atoms with E-state index in [0.717, 1.165) is 18.7 Å². The van der Waals surface area contributed by atoms with Gasteiger partial charge in [-0.15, -0.1) is 11.3 Å². The number of aromatic nitrogens is 1. The third-order valence-corrected chi connectivity index (χ3v) is 4.36. The molecule has 21 heavy (non-hydrogen) atoms. The van der Waals surface area contributed by atoms with Crippen molar-refractivity contribution < 1.29 is 14.7 Å². The van der Waals surface area contributed by atoms with E-state index in [9.17, 15) is 9.59 Å². The van der Waals surface area contributed by atoms with E-state index in [2.05, 4.69) is 24.1 Å². The Balaban J connectivity index is 1.84. The normalized spacial score (nSPS) is 19.7. The molecule has 0 aromatic carbocycles. The van der Waals surface area contributed by atoms with Crippen LogP contribution in [0.1, 0.15) is 38.3 Å². The number of nitrogens with zero attached hydrogens (tertiary/aromatic N) is 2. The molecule has 1 atom stereocenters. The van der Waals surface area contributed by atoms with Crippen LogP contribution in [0.5, 0.6) is 0 Å². The Labute approximate surface area is 128 Å². The van der Waals surface area contributed by atoms with E-state index in [1.807, 2.05) is 10.3 Å². The Morgan fingerprint density at radius 3 is 2.95 bits per heavy atom. The van der Waals surface area contributed by atoms with Gasteiger partial charge in [-0.3, -0.25) is 14.5 Å². The highest BCUT2D eigenvalue weighted by Gasteiger charge is 2.26. The lowest BCUT2D eigenvalue weighted by Gasteiger charge is -2.29. The summed E-state index contributed by atoms with van der Waals surface area (Å²) in [7, 11) is 0. The Morgan fingerprint density at radius 1 is 1.57 bits per heavy atom. The monoisotopic (exact) mass is 311 g/mol. The van der Waals surface area contributed by atoms with E-state index in [0.29, 0.717) is 24.0 Å². The number of likely N-dealkylation sites (tertiary alicyclic amines) is 1. The predicted molar refractivity (Wildman–Crippen MR) is 81.6 cm³/mol. The zero-order valence-corrected chi connectivity index (χ0v) is 13.2. The van der Waals surface area contributed by atoms with Crippen LogP contribution in [0, 0.1) is 5.92 Å². The van der Waals surface area contributed by atoms with Gasteiger partial charge in [-0.1, -0.05) is 13.8 Å². The summed E-state index contributed by atoms with van der Waals surface area (Å²) in [5, 5.41) is 14.4. The molecule has 1 saturated heterocycles. The van der Waals surface area contributed by atoms with Crippen molar-refractivity contribution in [1.29, 1.82) is 0 Å². The SMILES string of the molecule is CC(C)c1csc(NC(=O)CN2CCCC(C(=O)O)C2)n1. The minimum Gasteiger partial charge on any atom is -0.481 e. The number of carboxylic acids is 1. The summed E-state index contributed by atoms with van der Waals surface area (Å²) in [5.74, 6) is -0.934. The number of anilines is 1. The molecule has 6 nitrogen and oxygen atoms in total. The van der Waals surface area contributed by atoms with Gasteiger partial charge in [0.05, 0.1) is 18.2 Å². The van der Waals surface area contributed by atoms with Crippen LogP contribution < -0.4 is 5.32 Å². The van der Waals surface area contributed by atoms with Crippen molar-refractivity contribution in [1.82, 2.24) is 9.88 Å². The molecule has 7 heteroatoms. The van der Waals surface area contributed by atoms with E-state index < -0.39 is 5.97 Å². The third kappa shape index (κ3) is 4.50. The molecule has 0 bridgehead atoms. The molecule has 116 valence electrons. The van der Waals surface area contributed by atoms with Crippen molar-refractivity contribution in [3.63, 3.8) is 0 Å². The van der Waals surface area contributed by atoms with Gasteiger partial charge in [0.2, 0.25) is 5.91 Å². The molecule has 1 amide bonds. The highest BCUT2D eigenvalue weighted by molar-refractivity contribution is 7.13. The topological polar surface area (TPSA) is 82.5 Å². The number of hydrogen-bond acceptors (Lipinski definition) is 5. The second-order valence-corrected chi connectivity index (χ2v) is 6.55. The maximum Gasteiger partial charge on any atom is 0.307 e. The molecule has 1 aliphatic heterocycles. The number of rotatable bonds is 5. The molecular weight excluding hydrogens is 290 g/mol. The molecule has 1 fully saturated rings. The summed E-state index contributed by atoms with van der Waals surface area (Å²) in [6.07, 6.45) is 1.51. The molecular formula is C14H21N3O3S. The standard InChI is InChI=1S/C14H21N3O3S/c1-9(2)11-8-21-14(15-11)16-12(18)7-17-5-3-4-10(6-17)13(19)20/h8-10H,3-7H2,1-2H3,(H,19,20)(H,15,16,18). The molecule has 1 unspecified atom stereocenters. The summed E-state index contributed by atoms with van der Waals surface area (Å²) in [6, 6.07) is 0. The van der Waals surface area contributed by atoms with Crippen LogP contribution in [-0.4, -0.2) is 46.5 Å². The van der Waals surface area contributed by atoms with Gasteiger partial charge in [0.25, 0.3) is 0 Å². The van der Waals surface area contributed by atoms with Crippen LogP contribution in [-0.2, 0) is 9.59 Å². The number of aliphatic carboxylic acids is 1. The zero-order valence-electron chi connectivity index (χ0n) is 12.3. The molecule has 0 aliphatic carbocycles. The summed E-state index contributed by atoms with van der Waals surface area (Å²) >= 11 is 1.42. The Hall–Kier alpha value is -1.47. The largest absolute Gasteiger partial charge is 0.481 e. The van der Waals surface area contributed by atoms with Gasteiger partial charge in [-0.2, -0.15) is 0 Å². The minimum absolute atomic E-state index is 0.134. The van der Waals surface area contributed by atoms with Crippen LogP contribution in [0.15, 0.2) is 5.38 Å². The number of nitrogens with one attached hydrogen (secondary N) is 1. The quantitative estimate of drug-likeness (QED) is 0.869. The molecule has 0 radical (unpaired) electrons. The third-order valence-electron chi connectivity index (χ3n) is 3.58. The van der Waals surface area contributed by atoms with Crippen LogP contribution in [0.25, 0.3) is 0 Å². The predicted octanol–water partition coefficient (Wildman–Crippen LogP) is 2.00. The minimum atomic E-state index is -0.776. The van der Waals surface area contributed by atoms with Crippen LogP contribution in [0.2, 0.25) is 0 Å². The number of carbonyl (C=O) groups excluding carboxylic acids is 1. The summed E-state index contributed by atoms with van der Waals surface area (Å²) in [4.78, 5) is 29.3. The average molecular weight is 311 g/mol. The second kappa shape index (κ2) is 7.00. The molecule has 1 aliphatic rings. The van der Waals surface area contributed by atoms with Gasteiger partial charge < -0.3 is 10.4 Å². The molecule has 1 aromatic heterocycles. The lowest BCUT2D eigenvalue weighted by atomic mass is 9.98. The highest BCUT2D eigenvalue weighted by Crippen LogP contribution is 2.21. The lowest BCUT2D eigenvalue weighted by molar-refractivity contribution is -0.144. The zero-order chi connectivity index (χ0) is 15.4. The number of amides is 1. The number of carbonyl (C=O) groups is 2. The number of carboxylic acid groups (broad SMARTS) is 1. The van der Waals surface area contributed by atoms with Gasteiger partial charge in [-0.05, 0) is 25.3 Å². The average Bonchev–Trinajstić information content (AvgIpc) is 2.87. The van der Waals surface area contributed by atoms with E-state index >= 15 is 0 Å². The highest BCUT2D eigenvalue weighted by atomic mass is 32.1. The van der Waals surface area contributed by atoms with E-state index in [1.54, 1.807) is 0 Å². The number of hydrogen-bond donors (Lipinski definition) is 2. The fourth-order valence-electron chi connectivity index (χ4n) is 2.37. The van der Waals surface area contributed by atoms with Crippen molar-refractivity contribution in [2.75, 3.05) is 25.0 Å². The molecule has 1 aromatic rings. The first-order valence-electron chi connectivity index (χ1n) is 7.16. The van der Waals surface area contributed by atoms with Gasteiger partial charge in [0, 0.05) is 11.9 Å². The molecule has 0 spiro atoms. The van der Waals surface area contributed by atoms with Crippen LogP contribution >= 0.6 is 11.3 Å². The number of thiazole rings is 1. The Kier molecular flexibility index (Phi) is 5.30. The van der Waals surface area contributed by atoms with Crippen molar-refractivity contribution in [2.24, 2.45) is 5.92 Å². The smallest absolute Gasteiger partial charge is 0.307 e. The summed E-state index contributed by atoms with van der Waals surface area (Å²) in [6.45, 7) is 5.55. The molecule has 2 rings (SSSR count).